The molecule has 96 valence electrons. The highest BCUT2D eigenvalue weighted by Gasteiger charge is 2.30. The average Bonchev–Trinajstić information content (AvgIpc) is 2.52. The van der Waals surface area contributed by atoms with Gasteiger partial charge in [-0.1, -0.05) is 12.8 Å². The standard InChI is InChI=1S/C12H19NO2S2/c1-10-7-9-16-12(10)11-6-4-3-5-8-13(11)17(2,14)15/h7,9,11H,3-6,8H2,1-2H3. The first-order valence-electron chi connectivity index (χ1n) is 6.01. The minimum absolute atomic E-state index is 0.0625. The summed E-state index contributed by atoms with van der Waals surface area (Å²) in [5.74, 6) is 0. The Labute approximate surface area is 108 Å². The van der Waals surface area contributed by atoms with Gasteiger partial charge < -0.3 is 0 Å². The molecule has 0 aromatic carbocycles. The van der Waals surface area contributed by atoms with E-state index >= 15 is 0 Å². The molecule has 3 nitrogen and oxygen atoms in total. The molecule has 1 saturated heterocycles. The van der Waals surface area contributed by atoms with Gasteiger partial charge in [-0.15, -0.1) is 11.3 Å². The van der Waals surface area contributed by atoms with Crippen molar-refractivity contribution >= 4 is 21.4 Å². The van der Waals surface area contributed by atoms with Crippen LogP contribution in [0.15, 0.2) is 11.4 Å². The molecule has 0 spiro atoms. The minimum atomic E-state index is -3.10. The first-order valence-corrected chi connectivity index (χ1v) is 8.74. The second kappa shape index (κ2) is 5.08. The Kier molecular flexibility index (Phi) is 3.90. The van der Waals surface area contributed by atoms with Crippen molar-refractivity contribution < 1.29 is 8.42 Å². The fourth-order valence-corrected chi connectivity index (χ4v) is 4.74. The molecule has 0 aliphatic carbocycles. The van der Waals surface area contributed by atoms with Crippen LogP contribution in [0.4, 0.5) is 0 Å². The van der Waals surface area contributed by atoms with Crippen molar-refractivity contribution in [2.45, 2.75) is 38.6 Å². The van der Waals surface area contributed by atoms with Crippen LogP contribution < -0.4 is 0 Å². The molecule has 17 heavy (non-hydrogen) atoms. The molecular weight excluding hydrogens is 254 g/mol. The van der Waals surface area contributed by atoms with Crippen molar-refractivity contribution in [3.8, 4) is 0 Å². The Bertz CT molecular complexity index is 478. The van der Waals surface area contributed by atoms with E-state index in [-0.39, 0.29) is 6.04 Å². The number of hydrogen-bond acceptors (Lipinski definition) is 3. The average molecular weight is 273 g/mol. The first-order chi connectivity index (χ1) is 8.00. The van der Waals surface area contributed by atoms with E-state index in [1.54, 1.807) is 15.6 Å². The van der Waals surface area contributed by atoms with Gasteiger partial charge in [0.25, 0.3) is 0 Å². The van der Waals surface area contributed by atoms with Crippen molar-refractivity contribution in [1.82, 2.24) is 4.31 Å². The minimum Gasteiger partial charge on any atom is -0.212 e. The number of aryl methyl sites for hydroxylation is 1. The van der Waals surface area contributed by atoms with Crippen LogP contribution in [0.5, 0.6) is 0 Å². The maximum atomic E-state index is 11.9. The van der Waals surface area contributed by atoms with Crippen LogP contribution in [0.2, 0.25) is 0 Å². The highest BCUT2D eigenvalue weighted by atomic mass is 32.2. The summed E-state index contributed by atoms with van der Waals surface area (Å²) in [5.41, 5.74) is 1.22. The summed E-state index contributed by atoms with van der Waals surface area (Å²) in [6, 6.07) is 2.14. The lowest BCUT2D eigenvalue weighted by Crippen LogP contribution is -2.33. The topological polar surface area (TPSA) is 37.4 Å². The Morgan fingerprint density at radius 1 is 1.35 bits per heavy atom. The maximum Gasteiger partial charge on any atom is 0.211 e. The van der Waals surface area contributed by atoms with Gasteiger partial charge in [0, 0.05) is 11.4 Å². The zero-order valence-corrected chi connectivity index (χ0v) is 12.0. The Morgan fingerprint density at radius 3 is 2.71 bits per heavy atom. The van der Waals surface area contributed by atoms with Gasteiger partial charge in [-0.05, 0) is 36.8 Å². The van der Waals surface area contributed by atoms with E-state index in [4.69, 9.17) is 0 Å². The van der Waals surface area contributed by atoms with Crippen LogP contribution in [-0.2, 0) is 10.0 Å². The third kappa shape index (κ3) is 2.89. The van der Waals surface area contributed by atoms with E-state index < -0.39 is 10.0 Å². The molecule has 0 radical (unpaired) electrons. The maximum absolute atomic E-state index is 11.9. The molecule has 0 N–H and O–H groups in total. The number of nitrogens with zero attached hydrogens (tertiary/aromatic N) is 1. The molecule has 1 aromatic rings. The van der Waals surface area contributed by atoms with Crippen molar-refractivity contribution in [2.24, 2.45) is 0 Å². The Hall–Kier alpha value is -0.390. The predicted molar refractivity (Wildman–Crippen MR) is 71.8 cm³/mol. The summed E-state index contributed by atoms with van der Waals surface area (Å²) in [5, 5.41) is 2.05. The van der Waals surface area contributed by atoms with E-state index in [1.165, 1.54) is 16.7 Å². The number of hydrogen-bond donors (Lipinski definition) is 0. The van der Waals surface area contributed by atoms with Crippen LogP contribution in [0.3, 0.4) is 0 Å². The normalized spacial score (nSPS) is 23.5. The second-order valence-electron chi connectivity index (χ2n) is 4.71. The SMILES string of the molecule is Cc1ccsc1C1CCCCCN1S(C)(=O)=O. The number of sulfonamides is 1. The third-order valence-corrected chi connectivity index (χ3v) is 5.74. The lowest BCUT2D eigenvalue weighted by Gasteiger charge is -2.27. The molecule has 0 saturated carbocycles. The molecule has 1 atom stereocenters. The van der Waals surface area contributed by atoms with Crippen LogP contribution in [0, 0.1) is 6.92 Å². The summed E-state index contributed by atoms with van der Waals surface area (Å²) in [6.07, 6.45) is 5.51. The molecule has 2 rings (SSSR count). The highest BCUT2D eigenvalue weighted by molar-refractivity contribution is 7.88. The molecule has 1 unspecified atom stereocenters. The first kappa shape index (κ1) is 13.1. The van der Waals surface area contributed by atoms with Crippen LogP contribution >= 0.6 is 11.3 Å². The van der Waals surface area contributed by atoms with Gasteiger partial charge in [0.05, 0.1) is 12.3 Å². The monoisotopic (exact) mass is 273 g/mol. The second-order valence-corrected chi connectivity index (χ2v) is 7.59. The predicted octanol–water partition coefficient (Wildman–Crippen LogP) is 2.93. The lowest BCUT2D eigenvalue weighted by atomic mass is 10.1. The zero-order valence-electron chi connectivity index (χ0n) is 10.3. The molecule has 2 heterocycles. The van der Waals surface area contributed by atoms with Gasteiger partial charge >= 0.3 is 0 Å². The smallest absolute Gasteiger partial charge is 0.211 e. The van der Waals surface area contributed by atoms with Crippen molar-refractivity contribution in [3.05, 3.63) is 21.9 Å². The molecule has 1 aliphatic rings. The van der Waals surface area contributed by atoms with Gasteiger partial charge in [-0.25, -0.2) is 8.42 Å². The molecule has 0 amide bonds. The molecule has 1 fully saturated rings. The fourth-order valence-electron chi connectivity index (χ4n) is 2.47. The number of thiophene rings is 1. The summed E-state index contributed by atoms with van der Waals surface area (Å²) in [6.45, 7) is 2.73. The van der Waals surface area contributed by atoms with Crippen molar-refractivity contribution in [3.63, 3.8) is 0 Å². The van der Waals surface area contributed by atoms with E-state index in [1.807, 2.05) is 0 Å². The fraction of sp³-hybridized carbons (Fsp3) is 0.667. The molecule has 1 aromatic heterocycles. The summed E-state index contributed by atoms with van der Waals surface area (Å²) >= 11 is 1.68. The van der Waals surface area contributed by atoms with E-state index in [9.17, 15) is 8.42 Å². The van der Waals surface area contributed by atoms with Gasteiger partial charge in [-0.3, -0.25) is 0 Å². The largest absolute Gasteiger partial charge is 0.212 e. The molecule has 5 heteroatoms. The van der Waals surface area contributed by atoms with E-state index in [0.29, 0.717) is 6.54 Å². The Morgan fingerprint density at radius 2 is 2.12 bits per heavy atom. The third-order valence-electron chi connectivity index (χ3n) is 3.33. The van der Waals surface area contributed by atoms with Crippen LogP contribution in [-0.4, -0.2) is 25.5 Å². The molecule has 1 aliphatic heterocycles. The zero-order chi connectivity index (χ0) is 12.5. The van der Waals surface area contributed by atoms with Crippen LogP contribution in [0.1, 0.15) is 42.2 Å². The van der Waals surface area contributed by atoms with Gasteiger partial charge in [0.2, 0.25) is 10.0 Å². The number of rotatable bonds is 2. The Balaban J connectivity index is 2.37. The van der Waals surface area contributed by atoms with E-state index in [2.05, 4.69) is 18.4 Å². The van der Waals surface area contributed by atoms with E-state index in [0.717, 1.165) is 25.7 Å². The van der Waals surface area contributed by atoms with Gasteiger partial charge in [0.1, 0.15) is 0 Å². The highest BCUT2D eigenvalue weighted by Crippen LogP contribution is 2.36. The van der Waals surface area contributed by atoms with Gasteiger partial charge in [0.15, 0.2) is 0 Å². The van der Waals surface area contributed by atoms with Crippen molar-refractivity contribution in [2.75, 3.05) is 12.8 Å². The summed E-state index contributed by atoms with van der Waals surface area (Å²) in [4.78, 5) is 1.22. The summed E-state index contributed by atoms with van der Waals surface area (Å²) < 4.78 is 25.5. The lowest BCUT2D eigenvalue weighted by molar-refractivity contribution is 0.335. The van der Waals surface area contributed by atoms with Crippen molar-refractivity contribution in [1.29, 1.82) is 0 Å². The quantitative estimate of drug-likeness (QED) is 0.831. The summed E-state index contributed by atoms with van der Waals surface area (Å²) in [7, 11) is -3.10. The molecular formula is C12H19NO2S2. The van der Waals surface area contributed by atoms with Gasteiger partial charge in [-0.2, -0.15) is 4.31 Å². The van der Waals surface area contributed by atoms with Crippen LogP contribution in [0.25, 0.3) is 0 Å². The molecule has 0 bridgehead atoms.